The lowest BCUT2D eigenvalue weighted by Gasteiger charge is -2.19. The Bertz CT molecular complexity index is 798. The van der Waals surface area contributed by atoms with Gasteiger partial charge in [0.05, 0.1) is 12.1 Å². The minimum atomic E-state index is -0.277. The Morgan fingerprint density at radius 3 is 2.26 bits per heavy atom. The lowest BCUT2D eigenvalue weighted by Crippen LogP contribution is -2.33. The molecular formula is C21H26N4O2. The third kappa shape index (κ3) is 5.56. The molecule has 1 aliphatic rings. The van der Waals surface area contributed by atoms with Crippen molar-refractivity contribution < 1.29 is 9.59 Å². The number of nitrogens with zero attached hydrogens (tertiary/aromatic N) is 1. The van der Waals surface area contributed by atoms with E-state index in [1.165, 1.54) is 12.8 Å². The van der Waals surface area contributed by atoms with E-state index < -0.39 is 0 Å². The molecule has 2 aromatic carbocycles. The third-order valence-corrected chi connectivity index (χ3v) is 4.68. The zero-order chi connectivity index (χ0) is 19.1. The molecule has 1 aliphatic heterocycles. The van der Waals surface area contributed by atoms with Crippen LogP contribution in [0.25, 0.3) is 0 Å². The summed E-state index contributed by atoms with van der Waals surface area (Å²) < 4.78 is 0. The normalized spacial score (nSPS) is 15.0. The zero-order valence-corrected chi connectivity index (χ0v) is 15.4. The number of amides is 2. The lowest BCUT2D eigenvalue weighted by atomic mass is 10.1. The van der Waals surface area contributed by atoms with Gasteiger partial charge >= 0.3 is 0 Å². The number of rotatable bonds is 5. The van der Waals surface area contributed by atoms with E-state index in [0.29, 0.717) is 29.2 Å². The average Bonchev–Trinajstić information content (AvgIpc) is 2.91. The van der Waals surface area contributed by atoms with Gasteiger partial charge in [-0.3, -0.25) is 14.5 Å². The Kier molecular flexibility index (Phi) is 6.44. The molecule has 3 rings (SSSR count). The van der Waals surface area contributed by atoms with Gasteiger partial charge in [0.1, 0.15) is 0 Å². The van der Waals surface area contributed by atoms with Crippen LogP contribution in [-0.4, -0.2) is 36.3 Å². The van der Waals surface area contributed by atoms with Crippen molar-refractivity contribution in [3.8, 4) is 0 Å². The maximum Gasteiger partial charge on any atom is 0.257 e. The first-order valence-electron chi connectivity index (χ1n) is 9.40. The first-order valence-corrected chi connectivity index (χ1v) is 9.40. The van der Waals surface area contributed by atoms with Crippen LogP contribution < -0.4 is 16.4 Å². The number of hydrogen-bond acceptors (Lipinski definition) is 4. The molecule has 6 nitrogen and oxygen atoms in total. The Balaban J connectivity index is 1.59. The van der Waals surface area contributed by atoms with Crippen LogP contribution in [0.5, 0.6) is 0 Å². The fourth-order valence-corrected chi connectivity index (χ4v) is 3.27. The fraction of sp³-hybridized carbons (Fsp3) is 0.333. The maximum atomic E-state index is 12.4. The van der Waals surface area contributed by atoms with Gasteiger partial charge in [-0.05, 0) is 56.3 Å². The van der Waals surface area contributed by atoms with E-state index in [9.17, 15) is 9.59 Å². The molecule has 0 bridgehead atoms. The van der Waals surface area contributed by atoms with Gasteiger partial charge in [0.25, 0.3) is 5.91 Å². The van der Waals surface area contributed by atoms with Crippen molar-refractivity contribution in [3.05, 3.63) is 54.1 Å². The summed E-state index contributed by atoms with van der Waals surface area (Å²) in [6.45, 7) is 2.35. The number of carbonyl (C=O) groups is 2. The van der Waals surface area contributed by atoms with Crippen molar-refractivity contribution in [2.45, 2.75) is 25.7 Å². The number of hydrogen-bond donors (Lipinski definition) is 3. The van der Waals surface area contributed by atoms with Crippen molar-refractivity contribution >= 4 is 28.9 Å². The summed E-state index contributed by atoms with van der Waals surface area (Å²) in [4.78, 5) is 26.9. The maximum absolute atomic E-state index is 12.4. The van der Waals surface area contributed by atoms with Gasteiger partial charge in [-0.2, -0.15) is 0 Å². The molecule has 0 radical (unpaired) electrons. The summed E-state index contributed by atoms with van der Waals surface area (Å²) in [5.41, 5.74) is 7.97. The largest absolute Gasteiger partial charge is 0.398 e. The molecule has 1 saturated heterocycles. The quantitative estimate of drug-likeness (QED) is 0.708. The van der Waals surface area contributed by atoms with Crippen molar-refractivity contribution in [3.63, 3.8) is 0 Å². The molecule has 0 atom stereocenters. The summed E-state index contributed by atoms with van der Waals surface area (Å²) in [7, 11) is 0. The summed E-state index contributed by atoms with van der Waals surface area (Å²) in [5.74, 6) is -0.311. The smallest absolute Gasteiger partial charge is 0.257 e. The number of likely N-dealkylation sites (tertiary alicyclic amines) is 1. The van der Waals surface area contributed by atoms with Crippen LogP contribution in [0.1, 0.15) is 36.0 Å². The number of nitrogens with one attached hydrogen (secondary N) is 2. The highest BCUT2D eigenvalue weighted by molar-refractivity contribution is 6.08. The van der Waals surface area contributed by atoms with Crippen molar-refractivity contribution in [1.29, 1.82) is 0 Å². The minimum absolute atomic E-state index is 0.0346. The number of nitrogens with two attached hydrogens (primary N) is 1. The topological polar surface area (TPSA) is 87.5 Å². The van der Waals surface area contributed by atoms with E-state index >= 15 is 0 Å². The second-order valence-electron chi connectivity index (χ2n) is 6.86. The molecule has 0 saturated carbocycles. The highest BCUT2D eigenvalue weighted by Crippen LogP contribution is 2.18. The standard InChI is InChI=1S/C21H26N4O2/c22-19-11-4-3-10-18(19)21(27)24-17-9-7-8-16(14-17)23-20(26)15-25-12-5-1-2-6-13-25/h3-4,7-11,14H,1-2,5-6,12-13,15,22H2,(H,23,26)(H,24,27). The Hall–Kier alpha value is -2.86. The summed E-state index contributed by atoms with van der Waals surface area (Å²) in [6, 6.07) is 14.1. The van der Waals surface area contributed by atoms with Gasteiger partial charge in [0.15, 0.2) is 0 Å². The van der Waals surface area contributed by atoms with E-state index in [4.69, 9.17) is 5.73 Å². The van der Waals surface area contributed by atoms with Crippen LogP contribution >= 0.6 is 0 Å². The summed E-state index contributed by atoms with van der Waals surface area (Å²) >= 11 is 0. The number of benzene rings is 2. The number of nitrogen functional groups attached to an aromatic ring is 1. The molecule has 142 valence electrons. The predicted molar refractivity (Wildman–Crippen MR) is 109 cm³/mol. The number of para-hydroxylation sites is 1. The second kappa shape index (κ2) is 9.19. The molecule has 0 unspecified atom stereocenters. The molecule has 0 aliphatic carbocycles. The molecule has 1 heterocycles. The molecular weight excluding hydrogens is 340 g/mol. The average molecular weight is 366 g/mol. The van der Waals surface area contributed by atoms with Crippen molar-refractivity contribution in [1.82, 2.24) is 4.90 Å². The molecule has 4 N–H and O–H groups in total. The minimum Gasteiger partial charge on any atom is -0.398 e. The molecule has 0 aromatic heterocycles. The van der Waals surface area contributed by atoms with Gasteiger partial charge in [0.2, 0.25) is 5.91 Å². The first kappa shape index (κ1) is 18.9. The van der Waals surface area contributed by atoms with Crippen molar-refractivity contribution in [2.75, 3.05) is 36.0 Å². The highest BCUT2D eigenvalue weighted by Gasteiger charge is 2.14. The Morgan fingerprint density at radius 2 is 1.56 bits per heavy atom. The van der Waals surface area contributed by atoms with Gasteiger partial charge in [-0.1, -0.05) is 31.0 Å². The predicted octanol–water partition coefficient (Wildman–Crippen LogP) is 3.34. The Morgan fingerprint density at radius 1 is 0.889 bits per heavy atom. The highest BCUT2D eigenvalue weighted by atomic mass is 16.2. The Labute approximate surface area is 159 Å². The number of carbonyl (C=O) groups excluding carboxylic acids is 2. The molecule has 2 aromatic rings. The van der Waals surface area contributed by atoms with Gasteiger partial charge in [0, 0.05) is 17.1 Å². The molecule has 27 heavy (non-hydrogen) atoms. The van der Waals surface area contributed by atoms with E-state index in [1.54, 1.807) is 42.5 Å². The molecule has 6 heteroatoms. The molecule has 2 amide bonds. The summed E-state index contributed by atoms with van der Waals surface area (Å²) in [6.07, 6.45) is 4.78. The van der Waals surface area contributed by atoms with Gasteiger partial charge in [-0.25, -0.2) is 0 Å². The fourth-order valence-electron chi connectivity index (χ4n) is 3.27. The van der Waals surface area contributed by atoms with E-state index in [1.807, 2.05) is 6.07 Å². The van der Waals surface area contributed by atoms with Crippen LogP contribution in [0.2, 0.25) is 0 Å². The van der Waals surface area contributed by atoms with Crippen LogP contribution in [0.4, 0.5) is 17.1 Å². The van der Waals surface area contributed by atoms with E-state index in [-0.39, 0.29) is 11.8 Å². The zero-order valence-electron chi connectivity index (χ0n) is 15.4. The van der Waals surface area contributed by atoms with Crippen LogP contribution in [0.3, 0.4) is 0 Å². The number of anilines is 3. The molecule has 0 spiro atoms. The summed E-state index contributed by atoms with van der Waals surface area (Å²) in [5, 5.41) is 5.74. The van der Waals surface area contributed by atoms with Gasteiger partial charge < -0.3 is 16.4 Å². The SMILES string of the molecule is Nc1ccccc1C(=O)Nc1cccc(NC(=O)CN2CCCCCC2)c1. The molecule has 1 fully saturated rings. The van der Waals surface area contributed by atoms with Crippen molar-refractivity contribution in [2.24, 2.45) is 0 Å². The third-order valence-electron chi connectivity index (χ3n) is 4.68. The first-order chi connectivity index (χ1) is 13.1. The van der Waals surface area contributed by atoms with Gasteiger partial charge in [-0.15, -0.1) is 0 Å². The van der Waals surface area contributed by atoms with Crippen LogP contribution in [0.15, 0.2) is 48.5 Å². The second-order valence-corrected chi connectivity index (χ2v) is 6.86. The van der Waals surface area contributed by atoms with E-state index in [0.717, 1.165) is 25.9 Å². The van der Waals surface area contributed by atoms with Crippen LogP contribution in [0, 0.1) is 0 Å². The monoisotopic (exact) mass is 366 g/mol. The van der Waals surface area contributed by atoms with Crippen LogP contribution in [-0.2, 0) is 4.79 Å². The lowest BCUT2D eigenvalue weighted by molar-refractivity contribution is -0.117. The van der Waals surface area contributed by atoms with E-state index in [2.05, 4.69) is 15.5 Å².